The summed E-state index contributed by atoms with van der Waals surface area (Å²) in [4.78, 5) is 12.7. The molecule has 0 bridgehead atoms. The zero-order valence-electron chi connectivity index (χ0n) is 15.8. The average molecular weight is 499 g/mol. The monoisotopic (exact) mass is 498 g/mol. The summed E-state index contributed by atoms with van der Waals surface area (Å²) in [5.74, 6) is -1.70. The molecule has 30 heavy (non-hydrogen) atoms. The minimum Gasteiger partial charge on any atom is -0.355 e. The molecule has 0 heterocycles. The van der Waals surface area contributed by atoms with E-state index in [0.29, 0.717) is 16.6 Å². The minimum absolute atomic E-state index is 0.0334. The van der Waals surface area contributed by atoms with Crippen molar-refractivity contribution in [3.8, 4) is 0 Å². The number of alkyl halides is 6. The maximum absolute atomic E-state index is 13.2. The molecule has 0 amide bonds. The van der Waals surface area contributed by atoms with Crippen LogP contribution in [0, 0.1) is 0 Å². The van der Waals surface area contributed by atoms with Crippen molar-refractivity contribution < 1.29 is 40.6 Å². The lowest BCUT2D eigenvalue weighted by atomic mass is 9.88. The highest BCUT2D eigenvalue weighted by Gasteiger charge is 2.38. The molecule has 164 valence electrons. The van der Waals surface area contributed by atoms with E-state index in [4.69, 9.17) is 9.47 Å². The molecule has 0 spiro atoms. The Morgan fingerprint density at radius 1 is 0.900 bits per heavy atom. The van der Waals surface area contributed by atoms with Crippen LogP contribution in [0.1, 0.15) is 39.4 Å². The smallest absolute Gasteiger partial charge is 0.355 e. The first-order chi connectivity index (χ1) is 13.9. The highest BCUT2D eigenvalue weighted by Crippen LogP contribution is 2.39. The molecule has 0 aliphatic heterocycles. The lowest BCUT2D eigenvalue weighted by Gasteiger charge is -2.26. The van der Waals surface area contributed by atoms with Gasteiger partial charge in [0.1, 0.15) is 0 Å². The summed E-state index contributed by atoms with van der Waals surface area (Å²) in [6.45, 7) is 0. The topological polar surface area (TPSA) is 35.5 Å². The highest BCUT2D eigenvalue weighted by atomic mass is 79.9. The predicted molar refractivity (Wildman–Crippen MR) is 100 cm³/mol. The maximum Gasteiger partial charge on any atom is 0.416 e. The lowest BCUT2D eigenvalue weighted by Crippen LogP contribution is -2.26. The number of methoxy groups -OCH3 is 2. The van der Waals surface area contributed by atoms with E-state index in [1.54, 1.807) is 12.1 Å². The molecule has 10 heteroatoms. The number of Topliss-reactive ketones (excluding diaryl/α,β-unsaturated/α-hetero) is 1. The molecule has 0 N–H and O–H groups in total. The summed E-state index contributed by atoms with van der Waals surface area (Å²) < 4.78 is 90.2. The summed E-state index contributed by atoms with van der Waals surface area (Å²) in [5, 5.41) is 0. The Balaban J connectivity index is 2.55. The van der Waals surface area contributed by atoms with Gasteiger partial charge in [-0.3, -0.25) is 4.79 Å². The molecule has 1 unspecified atom stereocenters. The second-order valence-corrected chi connectivity index (χ2v) is 7.34. The van der Waals surface area contributed by atoms with Gasteiger partial charge in [0.2, 0.25) is 0 Å². The highest BCUT2D eigenvalue weighted by molar-refractivity contribution is 9.10. The van der Waals surface area contributed by atoms with Crippen LogP contribution in [-0.2, 0) is 21.8 Å². The molecule has 1 atom stereocenters. The molecule has 0 aliphatic rings. The van der Waals surface area contributed by atoms with Gasteiger partial charge in [-0.25, -0.2) is 0 Å². The van der Waals surface area contributed by atoms with Crippen LogP contribution in [0.25, 0.3) is 0 Å². The van der Waals surface area contributed by atoms with E-state index in [9.17, 15) is 31.1 Å². The van der Waals surface area contributed by atoms with Crippen LogP contribution in [-0.4, -0.2) is 26.3 Å². The van der Waals surface area contributed by atoms with Crippen LogP contribution in [0.15, 0.2) is 46.9 Å². The van der Waals surface area contributed by atoms with Crippen LogP contribution >= 0.6 is 15.9 Å². The first-order valence-electron chi connectivity index (χ1n) is 8.50. The fourth-order valence-corrected chi connectivity index (χ4v) is 3.21. The van der Waals surface area contributed by atoms with Crippen molar-refractivity contribution >= 4 is 21.7 Å². The van der Waals surface area contributed by atoms with Crippen LogP contribution in [0.5, 0.6) is 0 Å². The first kappa shape index (κ1) is 24.4. The summed E-state index contributed by atoms with van der Waals surface area (Å²) >= 11 is 3.22. The van der Waals surface area contributed by atoms with Crippen molar-refractivity contribution in [2.45, 2.75) is 31.0 Å². The van der Waals surface area contributed by atoms with Gasteiger partial charge in [0.25, 0.3) is 0 Å². The Labute approximate surface area is 177 Å². The van der Waals surface area contributed by atoms with Gasteiger partial charge in [0.05, 0.1) is 11.1 Å². The zero-order valence-corrected chi connectivity index (χ0v) is 17.4. The third-order valence-electron chi connectivity index (χ3n) is 4.40. The molecule has 0 radical (unpaired) electrons. The van der Waals surface area contributed by atoms with Crippen molar-refractivity contribution in [2.75, 3.05) is 14.2 Å². The summed E-state index contributed by atoms with van der Waals surface area (Å²) in [5.41, 5.74) is -3.06. The Hall–Kier alpha value is -1.91. The Morgan fingerprint density at radius 3 is 1.77 bits per heavy atom. The zero-order chi connectivity index (χ0) is 22.7. The molecule has 0 aliphatic carbocycles. The maximum atomic E-state index is 13.2. The summed E-state index contributed by atoms with van der Waals surface area (Å²) in [6.07, 6.45) is -11.7. The van der Waals surface area contributed by atoms with E-state index in [1.165, 1.54) is 26.4 Å². The van der Waals surface area contributed by atoms with Gasteiger partial charge >= 0.3 is 12.4 Å². The van der Waals surface area contributed by atoms with E-state index in [0.717, 1.165) is 0 Å². The molecule has 2 aromatic rings. The van der Waals surface area contributed by atoms with Crippen molar-refractivity contribution in [2.24, 2.45) is 0 Å². The number of hydrogen-bond acceptors (Lipinski definition) is 3. The Morgan fingerprint density at radius 2 is 1.37 bits per heavy atom. The Bertz CT molecular complexity index is 841. The molecule has 0 saturated carbocycles. The summed E-state index contributed by atoms with van der Waals surface area (Å²) in [6, 6.07) is 7.37. The van der Waals surface area contributed by atoms with Gasteiger partial charge in [0, 0.05) is 36.6 Å². The second-order valence-electron chi connectivity index (χ2n) is 6.42. The SMILES string of the molecule is COC(OC)C(CC(=O)c1ccc(Br)cc1)c1cc(C(F)(F)F)cc(C(F)(F)F)c1. The normalized spacial score (nSPS) is 13.5. The van der Waals surface area contributed by atoms with Crippen molar-refractivity contribution in [3.05, 3.63) is 69.2 Å². The third kappa shape index (κ3) is 6.05. The van der Waals surface area contributed by atoms with Crippen LogP contribution in [0.2, 0.25) is 0 Å². The fourth-order valence-electron chi connectivity index (χ4n) is 2.94. The van der Waals surface area contributed by atoms with Crippen molar-refractivity contribution in [1.29, 1.82) is 0 Å². The van der Waals surface area contributed by atoms with Crippen molar-refractivity contribution in [1.82, 2.24) is 0 Å². The molecule has 2 aromatic carbocycles. The van der Waals surface area contributed by atoms with Crippen LogP contribution in [0.4, 0.5) is 26.3 Å². The number of benzene rings is 2. The van der Waals surface area contributed by atoms with Gasteiger partial charge in [-0.1, -0.05) is 28.1 Å². The number of ether oxygens (including phenoxy) is 2. The number of rotatable bonds is 7. The molecular weight excluding hydrogens is 482 g/mol. The van der Waals surface area contributed by atoms with Crippen LogP contribution < -0.4 is 0 Å². The van der Waals surface area contributed by atoms with Gasteiger partial charge in [0.15, 0.2) is 12.1 Å². The van der Waals surface area contributed by atoms with Crippen LogP contribution in [0.3, 0.4) is 0 Å². The van der Waals surface area contributed by atoms with Crippen molar-refractivity contribution in [3.63, 3.8) is 0 Å². The first-order valence-corrected chi connectivity index (χ1v) is 9.30. The van der Waals surface area contributed by atoms with E-state index >= 15 is 0 Å². The predicted octanol–water partition coefficient (Wildman–Crippen LogP) is 6.46. The lowest BCUT2D eigenvalue weighted by molar-refractivity contribution is -0.143. The quantitative estimate of drug-likeness (QED) is 0.249. The minimum atomic E-state index is -5.01. The number of halogens is 7. The molecular formula is C20H17BrF6O3. The second kappa shape index (κ2) is 9.49. The van der Waals surface area contributed by atoms with Gasteiger partial charge in [-0.05, 0) is 35.9 Å². The molecule has 2 rings (SSSR count). The van der Waals surface area contributed by atoms with Gasteiger partial charge in [-0.2, -0.15) is 26.3 Å². The Kier molecular flexibility index (Phi) is 7.70. The van der Waals surface area contributed by atoms with Gasteiger partial charge < -0.3 is 9.47 Å². The molecule has 0 fully saturated rings. The standard InChI is InChI=1S/C20H17BrF6O3/c1-29-18(30-2)16(10-17(28)11-3-5-15(21)6-4-11)12-7-13(19(22,23)24)9-14(8-12)20(25,26)27/h3-9,16,18H,10H2,1-2H3. The fraction of sp³-hybridized carbons (Fsp3) is 0.350. The van der Waals surface area contributed by atoms with E-state index in [-0.39, 0.29) is 17.2 Å². The van der Waals surface area contributed by atoms with E-state index in [1.807, 2.05) is 0 Å². The van der Waals surface area contributed by atoms with Gasteiger partial charge in [-0.15, -0.1) is 0 Å². The summed E-state index contributed by atoms with van der Waals surface area (Å²) in [7, 11) is 2.37. The molecule has 3 nitrogen and oxygen atoms in total. The molecule has 0 aromatic heterocycles. The van der Waals surface area contributed by atoms with E-state index in [2.05, 4.69) is 15.9 Å². The number of hydrogen-bond donors (Lipinski definition) is 0. The number of carbonyl (C=O) groups is 1. The number of ketones is 1. The number of carbonyl (C=O) groups excluding carboxylic acids is 1. The van der Waals surface area contributed by atoms with E-state index < -0.39 is 47.9 Å². The molecule has 0 saturated heterocycles. The average Bonchev–Trinajstić information content (AvgIpc) is 2.66. The third-order valence-corrected chi connectivity index (χ3v) is 4.93. The largest absolute Gasteiger partial charge is 0.416 e.